The van der Waals surface area contributed by atoms with Crippen LogP contribution in [0.25, 0.3) is 49.4 Å². The number of para-hydroxylation sites is 3. The van der Waals surface area contributed by atoms with Crippen molar-refractivity contribution < 1.29 is 0 Å². The molecule has 0 N–H and O–H groups in total. The van der Waals surface area contributed by atoms with E-state index < -0.39 is 0 Å². The van der Waals surface area contributed by atoms with Gasteiger partial charge in [-0.2, -0.15) is 0 Å². The maximum Gasteiger partial charge on any atom is 0.0541 e. The third-order valence-electron chi connectivity index (χ3n) is 5.89. The second-order valence-corrected chi connectivity index (χ2v) is 7.93. The molecule has 0 bridgehead atoms. The summed E-state index contributed by atoms with van der Waals surface area (Å²) in [6, 6.07) is 38.4. The van der Waals surface area contributed by atoms with E-state index in [-0.39, 0.29) is 0 Å². The number of halogens is 1. The minimum Gasteiger partial charge on any atom is -0.309 e. The molecular formula is C28H18ClN. The smallest absolute Gasteiger partial charge is 0.0541 e. The molecule has 1 aromatic heterocycles. The van der Waals surface area contributed by atoms with Crippen molar-refractivity contribution in [2.75, 3.05) is 0 Å². The van der Waals surface area contributed by atoms with Crippen molar-refractivity contribution in [2.24, 2.45) is 0 Å². The average Bonchev–Trinajstić information content (AvgIpc) is 3.14. The summed E-state index contributed by atoms with van der Waals surface area (Å²) in [5, 5.41) is 5.56. The first-order chi connectivity index (χ1) is 14.8. The van der Waals surface area contributed by atoms with Crippen molar-refractivity contribution in [3.05, 3.63) is 114 Å². The molecule has 0 atom stereocenters. The number of nitrogens with zero attached hydrogens (tertiary/aromatic N) is 1. The lowest BCUT2D eigenvalue weighted by atomic mass is 9.96. The van der Waals surface area contributed by atoms with E-state index >= 15 is 0 Å². The zero-order valence-electron chi connectivity index (χ0n) is 16.2. The summed E-state index contributed by atoms with van der Waals surface area (Å²) in [6.45, 7) is 0. The lowest BCUT2D eigenvalue weighted by Crippen LogP contribution is -1.97. The van der Waals surface area contributed by atoms with Crippen LogP contribution in [0.15, 0.2) is 109 Å². The first kappa shape index (κ1) is 17.3. The van der Waals surface area contributed by atoms with Crippen LogP contribution in [-0.4, -0.2) is 4.57 Å². The van der Waals surface area contributed by atoms with Crippen molar-refractivity contribution in [1.29, 1.82) is 0 Å². The van der Waals surface area contributed by atoms with Gasteiger partial charge in [-0.15, -0.1) is 0 Å². The van der Waals surface area contributed by atoms with Gasteiger partial charge in [0.2, 0.25) is 0 Å². The highest BCUT2D eigenvalue weighted by atomic mass is 35.5. The van der Waals surface area contributed by atoms with Crippen molar-refractivity contribution in [3.8, 4) is 16.8 Å². The molecule has 0 unspecified atom stereocenters. The molecule has 1 nitrogen and oxygen atoms in total. The summed E-state index contributed by atoms with van der Waals surface area (Å²) in [7, 11) is 0. The summed E-state index contributed by atoms with van der Waals surface area (Å²) >= 11 is 6.51. The van der Waals surface area contributed by atoms with Gasteiger partial charge in [0.15, 0.2) is 0 Å². The molecule has 0 amide bonds. The lowest BCUT2D eigenvalue weighted by Gasteiger charge is -2.16. The Labute approximate surface area is 179 Å². The lowest BCUT2D eigenvalue weighted by molar-refractivity contribution is 1.18. The highest BCUT2D eigenvalue weighted by Crippen LogP contribution is 2.39. The Bertz CT molecular complexity index is 1500. The Morgan fingerprint density at radius 2 is 0.967 bits per heavy atom. The van der Waals surface area contributed by atoms with E-state index in [1.54, 1.807) is 0 Å². The van der Waals surface area contributed by atoms with Crippen LogP contribution in [0.2, 0.25) is 5.02 Å². The highest BCUT2D eigenvalue weighted by molar-refractivity contribution is 6.36. The molecule has 0 aliphatic rings. The molecule has 0 radical (unpaired) electrons. The topological polar surface area (TPSA) is 4.93 Å². The Kier molecular flexibility index (Phi) is 3.90. The van der Waals surface area contributed by atoms with Crippen LogP contribution in [0, 0.1) is 0 Å². The van der Waals surface area contributed by atoms with Crippen LogP contribution in [0.5, 0.6) is 0 Å². The fraction of sp³-hybridized carbons (Fsp3) is 0. The van der Waals surface area contributed by atoms with Crippen molar-refractivity contribution >= 4 is 44.2 Å². The van der Waals surface area contributed by atoms with Gasteiger partial charge in [-0.25, -0.2) is 0 Å². The number of rotatable bonds is 2. The van der Waals surface area contributed by atoms with Crippen molar-refractivity contribution in [3.63, 3.8) is 0 Å². The van der Waals surface area contributed by atoms with Crippen LogP contribution in [0.1, 0.15) is 0 Å². The summed E-state index contributed by atoms with van der Waals surface area (Å²) in [4.78, 5) is 0. The number of benzene rings is 5. The van der Waals surface area contributed by atoms with Gasteiger partial charge in [-0.3, -0.25) is 0 Å². The molecule has 2 heteroatoms. The minimum absolute atomic E-state index is 0.781. The standard InChI is InChI=1S/C28H18ClN/c29-25-18-17-20(19-9-1-2-10-21(19)25)22-11-3-6-14-26(22)30-27-15-7-4-12-23(27)24-13-5-8-16-28(24)30/h1-18H. The van der Waals surface area contributed by atoms with Gasteiger partial charge in [0.1, 0.15) is 0 Å². The minimum atomic E-state index is 0.781. The SMILES string of the molecule is Clc1ccc(-c2ccccc2-n2c3ccccc3c3ccccc32)c2ccccc12. The van der Waals surface area contributed by atoms with E-state index in [1.807, 2.05) is 12.1 Å². The summed E-state index contributed by atoms with van der Waals surface area (Å²) < 4.78 is 2.38. The van der Waals surface area contributed by atoms with Crippen LogP contribution in [-0.2, 0) is 0 Å². The monoisotopic (exact) mass is 403 g/mol. The van der Waals surface area contributed by atoms with Gasteiger partial charge in [-0.05, 0) is 35.2 Å². The molecule has 6 aromatic rings. The Hall–Kier alpha value is -3.55. The number of hydrogen-bond acceptors (Lipinski definition) is 0. The third kappa shape index (κ3) is 2.49. The van der Waals surface area contributed by atoms with Crippen molar-refractivity contribution in [1.82, 2.24) is 4.57 Å². The summed E-state index contributed by atoms with van der Waals surface area (Å²) in [5.74, 6) is 0. The number of hydrogen-bond donors (Lipinski definition) is 0. The van der Waals surface area contributed by atoms with Gasteiger partial charge in [0, 0.05) is 26.7 Å². The van der Waals surface area contributed by atoms with E-state index in [9.17, 15) is 0 Å². The maximum atomic E-state index is 6.51. The maximum absolute atomic E-state index is 6.51. The first-order valence-electron chi connectivity index (χ1n) is 10.1. The zero-order chi connectivity index (χ0) is 20.1. The zero-order valence-corrected chi connectivity index (χ0v) is 17.0. The fourth-order valence-electron chi connectivity index (χ4n) is 4.58. The van der Waals surface area contributed by atoms with Crippen LogP contribution in [0.3, 0.4) is 0 Å². The molecular weight excluding hydrogens is 386 g/mol. The van der Waals surface area contributed by atoms with Gasteiger partial charge < -0.3 is 4.57 Å². The molecule has 0 saturated carbocycles. The van der Waals surface area contributed by atoms with E-state index in [4.69, 9.17) is 11.6 Å². The fourth-order valence-corrected chi connectivity index (χ4v) is 4.80. The number of aromatic nitrogens is 1. The third-order valence-corrected chi connectivity index (χ3v) is 6.22. The normalized spacial score (nSPS) is 11.5. The van der Waals surface area contributed by atoms with E-state index in [0.29, 0.717) is 0 Å². The van der Waals surface area contributed by atoms with Crippen molar-refractivity contribution in [2.45, 2.75) is 0 Å². The number of fused-ring (bicyclic) bond motifs is 4. The molecule has 0 saturated heterocycles. The molecule has 0 spiro atoms. The highest BCUT2D eigenvalue weighted by Gasteiger charge is 2.16. The Morgan fingerprint density at radius 3 is 1.67 bits per heavy atom. The van der Waals surface area contributed by atoms with Gasteiger partial charge in [0.05, 0.1) is 16.7 Å². The predicted molar refractivity (Wildman–Crippen MR) is 129 cm³/mol. The average molecular weight is 404 g/mol. The van der Waals surface area contributed by atoms with Gasteiger partial charge >= 0.3 is 0 Å². The predicted octanol–water partition coefficient (Wildman–Crippen LogP) is 8.26. The molecule has 142 valence electrons. The van der Waals surface area contributed by atoms with E-state index in [1.165, 1.54) is 44.0 Å². The second kappa shape index (κ2) is 6.76. The van der Waals surface area contributed by atoms with Gasteiger partial charge in [0.25, 0.3) is 0 Å². The van der Waals surface area contributed by atoms with Crippen LogP contribution >= 0.6 is 11.6 Å². The van der Waals surface area contributed by atoms with Crippen LogP contribution in [0.4, 0.5) is 0 Å². The summed E-state index contributed by atoms with van der Waals surface area (Å²) in [5.41, 5.74) is 5.97. The quantitative estimate of drug-likeness (QED) is 0.274. The molecule has 0 aliphatic carbocycles. The van der Waals surface area contributed by atoms with E-state index in [2.05, 4.69) is 102 Å². The Balaban J connectivity index is 1.74. The first-order valence-corrected chi connectivity index (χ1v) is 10.5. The van der Waals surface area contributed by atoms with Crippen LogP contribution < -0.4 is 0 Å². The molecule has 0 aliphatic heterocycles. The molecule has 5 aromatic carbocycles. The van der Waals surface area contributed by atoms with E-state index in [0.717, 1.165) is 10.4 Å². The molecule has 0 fully saturated rings. The second-order valence-electron chi connectivity index (χ2n) is 7.53. The molecule has 6 rings (SSSR count). The van der Waals surface area contributed by atoms with Gasteiger partial charge in [-0.1, -0.05) is 96.5 Å². The summed E-state index contributed by atoms with van der Waals surface area (Å²) in [6.07, 6.45) is 0. The molecule has 30 heavy (non-hydrogen) atoms. The molecule has 1 heterocycles. The Morgan fingerprint density at radius 1 is 0.433 bits per heavy atom. The largest absolute Gasteiger partial charge is 0.309 e.